The van der Waals surface area contributed by atoms with Crippen molar-refractivity contribution in [1.82, 2.24) is 0 Å². The summed E-state index contributed by atoms with van der Waals surface area (Å²) in [4.78, 5) is 10.6. The largest absolute Gasteiger partial charge is 0.396 e. The van der Waals surface area contributed by atoms with Crippen molar-refractivity contribution in [3.05, 3.63) is 29.8 Å². The quantitative estimate of drug-likeness (QED) is 0.798. The highest BCUT2D eigenvalue weighted by Gasteiger charge is 2.14. The molecular weight excluding hydrogens is 204 g/mol. The number of hydrogen-bond donors (Lipinski definition) is 2. The molecule has 0 saturated heterocycles. The maximum atomic E-state index is 11.9. The van der Waals surface area contributed by atoms with Crippen molar-refractivity contribution >= 4 is 11.6 Å². The van der Waals surface area contributed by atoms with Gasteiger partial charge in [0.15, 0.2) is 0 Å². The Bertz CT molecular complexity index is 325. The Morgan fingerprint density at radius 2 is 1.93 bits per heavy atom. The first kappa shape index (κ1) is 11.6. The lowest BCUT2D eigenvalue weighted by Gasteiger charge is -2.05. The number of hydrogen-bond acceptors (Lipinski definition) is 2. The molecule has 1 rings (SSSR count). The lowest BCUT2D eigenvalue weighted by molar-refractivity contribution is -0.126. The van der Waals surface area contributed by atoms with Gasteiger partial charge in [0.2, 0.25) is 0 Å². The van der Waals surface area contributed by atoms with Gasteiger partial charge in [0, 0.05) is 12.3 Å². The molecule has 1 amide bonds. The van der Waals surface area contributed by atoms with E-state index in [9.17, 15) is 13.6 Å². The second kappa shape index (κ2) is 5.41. The first-order chi connectivity index (χ1) is 7.13. The highest BCUT2D eigenvalue weighted by molar-refractivity contribution is 5.92. The molecule has 0 aromatic heterocycles. The summed E-state index contributed by atoms with van der Waals surface area (Å²) in [7, 11) is 0. The maximum absolute atomic E-state index is 11.9. The monoisotopic (exact) mass is 215 g/mol. The van der Waals surface area contributed by atoms with Gasteiger partial charge in [-0.3, -0.25) is 4.79 Å². The van der Waals surface area contributed by atoms with Crippen molar-refractivity contribution in [2.45, 2.75) is 12.8 Å². The average molecular weight is 215 g/mol. The number of carbonyl (C=O) groups excluding carboxylic acids is 1. The summed E-state index contributed by atoms with van der Waals surface area (Å²) in [6, 6.07) is 6.37. The summed E-state index contributed by atoms with van der Waals surface area (Å²) in [5.74, 6) is -1.31. The SMILES string of the molecule is O=C(Nc1ccc(CCO)cc1)C(F)F. The summed E-state index contributed by atoms with van der Waals surface area (Å²) in [5.41, 5.74) is 1.20. The van der Waals surface area contributed by atoms with Gasteiger partial charge in [-0.25, -0.2) is 0 Å². The molecule has 0 spiro atoms. The molecule has 1 aromatic rings. The van der Waals surface area contributed by atoms with Crippen molar-refractivity contribution in [3.8, 4) is 0 Å². The van der Waals surface area contributed by atoms with Crippen LogP contribution in [-0.2, 0) is 11.2 Å². The molecule has 0 saturated carbocycles. The number of nitrogens with one attached hydrogen (secondary N) is 1. The average Bonchev–Trinajstić information content (AvgIpc) is 2.21. The molecule has 0 atom stereocenters. The van der Waals surface area contributed by atoms with Gasteiger partial charge in [0.25, 0.3) is 5.91 Å². The van der Waals surface area contributed by atoms with Gasteiger partial charge < -0.3 is 10.4 Å². The van der Waals surface area contributed by atoms with E-state index in [2.05, 4.69) is 5.32 Å². The third-order valence-electron chi connectivity index (χ3n) is 1.82. The van der Waals surface area contributed by atoms with Crippen LogP contribution in [0.25, 0.3) is 0 Å². The fourth-order valence-electron chi connectivity index (χ4n) is 1.08. The number of aliphatic hydroxyl groups excluding tert-OH is 1. The molecule has 0 bridgehead atoms. The van der Waals surface area contributed by atoms with E-state index >= 15 is 0 Å². The molecule has 0 radical (unpaired) electrons. The van der Waals surface area contributed by atoms with Crippen LogP contribution in [-0.4, -0.2) is 24.0 Å². The lowest BCUT2D eigenvalue weighted by atomic mass is 10.1. The van der Waals surface area contributed by atoms with Crippen LogP contribution >= 0.6 is 0 Å². The van der Waals surface area contributed by atoms with Crippen molar-refractivity contribution in [1.29, 1.82) is 0 Å². The third kappa shape index (κ3) is 3.63. The van der Waals surface area contributed by atoms with Crippen LogP contribution in [0.1, 0.15) is 5.56 Å². The van der Waals surface area contributed by atoms with Gasteiger partial charge in [-0.05, 0) is 24.1 Å². The van der Waals surface area contributed by atoms with Gasteiger partial charge in [0.1, 0.15) is 0 Å². The van der Waals surface area contributed by atoms with Crippen molar-refractivity contribution < 1.29 is 18.7 Å². The highest BCUT2D eigenvalue weighted by atomic mass is 19.3. The topological polar surface area (TPSA) is 49.3 Å². The van der Waals surface area contributed by atoms with E-state index in [1.165, 1.54) is 12.1 Å². The van der Waals surface area contributed by atoms with Crippen molar-refractivity contribution in [2.24, 2.45) is 0 Å². The summed E-state index contributed by atoms with van der Waals surface area (Å²) in [6.07, 6.45) is -2.51. The number of benzene rings is 1. The van der Waals surface area contributed by atoms with Crippen molar-refractivity contribution in [3.63, 3.8) is 0 Å². The normalized spacial score (nSPS) is 10.4. The number of rotatable bonds is 4. The van der Waals surface area contributed by atoms with Crippen LogP contribution in [0, 0.1) is 0 Å². The Hall–Kier alpha value is -1.49. The van der Waals surface area contributed by atoms with Crippen LogP contribution in [0.2, 0.25) is 0 Å². The van der Waals surface area contributed by atoms with Gasteiger partial charge in [-0.2, -0.15) is 8.78 Å². The standard InChI is InChI=1S/C10H11F2NO2/c11-9(12)10(15)13-8-3-1-7(2-4-8)5-6-14/h1-4,9,14H,5-6H2,(H,13,15). The summed E-state index contributed by atoms with van der Waals surface area (Å²) >= 11 is 0. The van der Waals surface area contributed by atoms with Crippen LogP contribution in [0.5, 0.6) is 0 Å². The molecule has 0 aliphatic rings. The Morgan fingerprint density at radius 3 is 2.40 bits per heavy atom. The van der Waals surface area contributed by atoms with Crippen molar-refractivity contribution in [2.75, 3.05) is 11.9 Å². The molecule has 15 heavy (non-hydrogen) atoms. The molecule has 0 unspecified atom stereocenters. The molecule has 0 aliphatic heterocycles. The molecule has 82 valence electrons. The highest BCUT2D eigenvalue weighted by Crippen LogP contribution is 2.10. The van der Waals surface area contributed by atoms with E-state index in [4.69, 9.17) is 5.11 Å². The first-order valence-electron chi connectivity index (χ1n) is 4.42. The van der Waals surface area contributed by atoms with E-state index in [-0.39, 0.29) is 6.61 Å². The van der Waals surface area contributed by atoms with Crippen LogP contribution < -0.4 is 5.32 Å². The second-order valence-corrected chi connectivity index (χ2v) is 2.96. The first-order valence-corrected chi connectivity index (χ1v) is 4.42. The van der Waals surface area contributed by atoms with Crippen LogP contribution in [0.4, 0.5) is 14.5 Å². The van der Waals surface area contributed by atoms with Gasteiger partial charge in [-0.1, -0.05) is 12.1 Å². The third-order valence-corrected chi connectivity index (χ3v) is 1.82. The number of amides is 1. The lowest BCUT2D eigenvalue weighted by Crippen LogP contribution is -2.19. The number of halogens is 2. The minimum Gasteiger partial charge on any atom is -0.396 e. The smallest absolute Gasteiger partial charge is 0.315 e. The molecule has 3 nitrogen and oxygen atoms in total. The van der Waals surface area contributed by atoms with E-state index in [1.807, 2.05) is 0 Å². The van der Waals surface area contributed by atoms with E-state index in [1.54, 1.807) is 12.1 Å². The fourth-order valence-corrected chi connectivity index (χ4v) is 1.08. The van der Waals surface area contributed by atoms with Crippen LogP contribution in [0.3, 0.4) is 0 Å². The summed E-state index contributed by atoms with van der Waals surface area (Å²) in [5, 5.41) is 10.7. The molecule has 0 aliphatic carbocycles. The molecule has 5 heteroatoms. The van der Waals surface area contributed by atoms with Gasteiger partial charge in [0.05, 0.1) is 0 Å². The second-order valence-electron chi connectivity index (χ2n) is 2.96. The molecule has 1 aromatic carbocycles. The Balaban J connectivity index is 2.60. The summed E-state index contributed by atoms with van der Waals surface area (Å²) in [6.45, 7) is 0.0305. The van der Waals surface area contributed by atoms with E-state index < -0.39 is 12.3 Å². The zero-order valence-electron chi connectivity index (χ0n) is 7.91. The number of alkyl halides is 2. The van der Waals surface area contributed by atoms with E-state index in [0.29, 0.717) is 12.1 Å². The molecule has 0 heterocycles. The number of carbonyl (C=O) groups is 1. The molecule has 2 N–H and O–H groups in total. The van der Waals surface area contributed by atoms with E-state index in [0.717, 1.165) is 5.56 Å². The maximum Gasteiger partial charge on any atom is 0.315 e. The predicted octanol–water partition coefficient (Wildman–Crippen LogP) is 1.43. The van der Waals surface area contributed by atoms with Gasteiger partial charge >= 0.3 is 6.43 Å². The summed E-state index contributed by atoms with van der Waals surface area (Å²) < 4.78 is 23.7. The molecular formula is C10H11F2NO2. The Morgan fingerprint density at radius 1 is 1.33 bits per heavy atom. The number of anilines is 1. The predicted molar refractivity (Wildman–Crippen MR) is 51.9 cm³/mol. The minimum absolute atomic E-state index is 0.0305. The van der Waals surface area contributed by atoms with Gasteiger partial charge in [-0.15, -0.1) is 0 Å². The zero-order chi connectivity index (χ0) is 11.3. The fraction of sp³-hybridized carbons (Fsp3) is 0.300. The minimum atomic E-state index is -3.01. The number of aliphatic hydroxyl groups is 1. The van der Waals surface area contributed by atoms with Crippen LogP contribution in [0.15, 0.2) is 24.3 Å². The Kier molecular flexibility index (Phi) is 4.17. The Labute approximate surface area is 85.7 Å². The zero-order valence-corrected chi connectivity index (χ0v) is 7.91. The molecule has 0 fully saturated rings.